The van der Waals surface area contributed by atoms with E-state index in [1.807, 2.05) is 6.07 Å². The Balaban J connectivity index is 1.86. The maximum absolute atomic E-state index is 14.0. The summed E-state index contributed by atoms with van der Waals surface area (Å²) in [6, 6.07) is 6.03. The second-order valence-corrected chi connectivity index (χ2v) is 8.49. The summed E-state index contributed by atoms with van der Waals surface area (Å²) in [5.41, 5.74) is -0.813. The molecule has 3 rings (SSSR count). The van der Waals surface area contributed by atoms with Gasteiger partial charge in [-0.05, 0) is 60.1 Å². The highest BCUT2D eigenvalue weighted by atomic mass is 19.4. The van der Waals surface area contributed by atoms with Crippen molar-refractivity contribution < 1.29 is 22.7 Å². The fourth-order valence-corrected chi connectivity index (χ4v) is 4.30. The van der Waals surface area contributed by atoms with Crippen molar-refractivity contribution in [1.82, 2.24) is 9.88 Å². The third-order valence-electron chi connectivity index (χ3n) is 5.68. The van der Waals surface area contributed by atoms with Crippen LogP contribution in [0.2, 0.25) is 0 Å². The van der Waals surface area contributed by atoms with Crippen molar-refractivity contribution >= 4 is 0 Å². The molecular formula is C21H26F4N2O. The zero-order valence-electron chi connectivity index (χ0n) is 16.3. The fourth-order valence-electron chi connectivity index (χ4n) is 4.30. The second kappa shape index (κ2) is 7.19. The molecule has 28 heavy (non-hydrogen) atoms. The molecule has 1 aromatic carbocycles. The summed E-state index contributed by atoms with van der Waals surface area (Å²) in [7, 11) is 0. The first-order chi connectivity index (χ1) is 12.9. The molecule has 2 heterocycles. The third-order valence-corrected chi connectivity index (χ3v) is 5.68. The van der Waals surface area contributed by atoms with Crippen LogP contribution in [0.5, 0.6) is 0 Å². The van der Waals surface area contributed by atoms with Crippen LogP contribution in [0.1, 0.15) is 42.7 Å². The number of halogens is 4. The minimum Gasteiger partial charge on any atom is -0.379 e. The highest BCUT2D eigenvalue weighted by molar-refractivity contribution is 5.33. The Hall–Kier alpha value is -1.86. The van der Waals surface area contributed by atoms with Crippen LogP contribution in [0.25, 0.3) is 0 Å². The van der Waals surface area contributed by atoms with Crippen LogP contribution in [0.4, 0.5) is 17.6 Å². The van der Waals surface area contributed by atoms with Crippen LogP contribution in [0.3, 0.4) is 0 Å². The number of benzene rings is 1. The monoisotopic (exact) mass is 398 g/mol. The molecule has 154 valence electrons. The van der Waals surface area contributed by atoms with E-state index in [9.17, 15) is 22.7 Å². The lowest BCUT2D eigenvalue weighted by Crippen LogP contribution is -2.56. The van der Waals surface area contributed by atoms with Crippen LogP contribution < -0.4 is 0 Å². The molecule has 1 aliphatic rings. The van der Waals surface area contributed by atoms with E-state index in [1.54, 1.807) is 37.9 Å². The van der Waals surface area contributed by atoms with E-state index in [1.165, 1.54) is 12.1 Å². The summed E-state index contributed by atoms with van der Waals surface area (Å²) in [5.74, 6) is -0.500. The number of aryl methyl sites for hydroxylation is 1. The number of rotatable bonds is 5. The van der Waals surface area contributed by atoms with Crippen molar-refractivity contribution in [3.05, 3.63) is 58.7 Å². The average molecular weight is 398 g/mol. The predicted octanol–water partition coefficient (Wildman–Crippen LogP) is 4.48. The van der Waals surface area contributed by atoms with Crippen molar-refractivity contribution in [2.75, 3.05) is 13.1 Å². The Bertz CT molecular complexity index is 843. The lowest BCUT2D eigenvalue weighted by Gasteiger charge is -2.42. The zero-order chi connectivity index (χ0) is 20.7. The number of hydrogen-bond donors (Lipinski definition) is 2. The second-order valence-electron chi connectivity index (χ2n) is 8.49. The van der Waals surface area contributed by atoms with Gasteiger partial charge in [0.25, 0.3) is 0 Å². The summed E-state index contributed by atoms with van der Waals surface area (Å²) in [6.45, 7) is 5.23. The first-order valence-corrected chi connectivity index (χ1v) is 9.34. The lowest BCUT2D eigenvalue weighted by atomic mass is 9.73. The minimum atomic E-state index is -4.80. The molecule has 0 spiro atoms. The zero-order valence-corrected chi connectivity index (χ0v) is 16.3. The van der Waals surface area contributed by atoms with Gasteiger partial charge in [-0.25, -0.2) is 4.39 Å². The first-order valence-electron chi connectivity index (χ1n) is 9.34. The number of β-amino-alcohol motifs (C(OH)–C–C–N with tert-alkyl or cyclic N) is 1. The number of nitrogens with zero attached hydrogens (tertiary/aromatic N) is 1. The van der Waals surface area contributed by atoms with Gasteiger partial charge in [-0.2, -0.15) is 13.2 Å². The molecule has 2 N–H and O–H groups in total. The van der Waals surface area contributed by atoms with Gasteiger partial charge in [0, 0.05) is 31.5 Å². The van der Waals surface area contributed by atoms with Crippen LogP contribution in [0, 0.1) is 12.7 Å². The maximum Gasteiger partial charge on any atom is 0.418 e. The summed E-state index contributed by atoms with van der Waals surface area (Å²) >= 11 is 0. The molecule has 2 aromatic rings. The largest absolute Gasteiger partial charge is 0.418 e. The standard InChI is InChI=1S/C21H26F4N2O/c1-14-4-5-16(22)10-17(14)19(2,3)12-20(28,21(23,24)25)13-27-9-7-15-6-8-26-18(15)11-27/h4-6,8,10,26,28H,7,9,11-13H2,1-3H3. The van der Waals surface area contributed by atoms with Crippen LogP contribution in [0.15, 0.2) is 30.5 Å². The number of hydrogen-bond acceptors (Lipinski definition) is 2. The SMILES string of the molecule is Cc1ccc(F)cc1C(C)(C)CC(O)(CN1CCc2cc[nH]c2C1)C(F)(F)F. The van der Waals surface area contributed by atoms with Crippen LogP contribution >= 0.6 is 0 Å². The summed E-state index contributed by atoms with van der Waals surface area (Å²) in [6.07, 6.45) is -2.94. The van der Waals surface area contributed by atoms with Gasteiger partial charge >= 0.3 is 6.18 Å². The van der Waals surface area contributed by atoms with Crippen molar-refractivity contribution in [3.63, 3.8) is 0 Å². The van der Waals surface area contributed by atoms with Crippen molar-refractivity contribution in [1.29, 1.82) is 0 Å². The third kappa shape index (κ3) is 4.10. The molecule has 1 aliphatic heterocycles. The van der Waals surface area contributed by atoms with Gasteiger partial charge in [-0.3, -0.25) is 4.90 Å². The number of aromatic amines is 1. The summed E-state index contributed by atoms with van der Waals surface area (Å²) < 4.78 is 55.6. The molecule has 1 aromatic heterocycles. The first kappa shape index (κ1) is 20.9. The van der Waals surface area contributed by atoms with E-state index in [2.05, 4.69) is 4.98 Å². The maximum atomic E-state index is 14.0. The normalized spacial score (nSPS) is 18.0. The van der Waals surface area contributed by atoms with Gasteiger partial charge in [0.2, 0.25) is 0 Å². The number of aromatic nitrogens is 1. The molecule has 0 amide bonds. The van der Waals surface area contributed by atoms with Gasteiger partial charge in [-0.15, -0.1) is 0 Å². The molecule has 0 bridgehead atoms. The number of fused-ring (bicyclic) bond motifs is 1. The van der Waals surface area contributed by atoms with Gasteiger partial charge in [0.1, 0.15) is 5.82 Å². The van der Waals surface area contributed by atoms with Crippen LogP contribution in [-0.4, -0.2) is 39.9 Å². The van der Waals surface area contributed by atoms with Gasteiger partial charge < -0.3 is 10.1 Å². The molecule has 3 nitrogen and oxygen atoms in total. The summed E-state index contributed by atoms with van der Waals surface area (Å²) in [4.78, 5) is 4.68. The topological polar surface area (TPSA) is 39.3 Å². The number of alkyl halides is 3. The van der Waals surface area contributed by atoms with E-state index in [0.29, 0.717) is 30.6 Å². The van der Waals surface area contributed by atoms with Crippen molar-refractivity contribution in [3.8, 4) is 0 Å². The fraction of sp³-hybridized carbons (Fsp3) is 0.524. The Kier molecular flexibility index (Phi) is 5.36. The molecule has 0 radical (unpaired) electrons. The molecule has 0 aliphatic carbocycles. The van der Waals surface area contributed by atoms with E-state index in [0.717, 1.165) is 11.3 Å². The molecule has 1 atom stereocenters. The van der Waals surface area contributed by atoms with Gasteiger partial charge in [0.05, 0.1) is 0 Å². The molecule has 0 fully saturated rings. The molecule has 7 heteroatoms. The molecule has 1 unspecified atom stereocenters. The molecular weight excluding hydrogens is 372 g/mol. The van der Waals surface area contributed by atoms with Gasteiger partial charge in [-0.1, -0.05) is 19.9 Å². The van der Waals surface area contributed by atoms with E-state index in [4.69, 9.17) is 0 Å². The summed E-state index contributed by atoms with van der Waals surface area (Å²) in [5, 5.41) is 10.8. The quantitative estimate of drug-likeness (QED) is 0.729. The molecule has 0 saturated heterocycles. The van der Waals surface area contributed by atoms with Crippen molar-refractivity contribution in [2.24, 2.45) is 0 Å². The number of H-pyrrole nitrogens is 1. The Morgan fingerprint density at radius 1 is 1.18 bits per heavy atom. The van der Waals surface area contributed by atoms with Crippen LogP contribution in [-0.2, 0) is 18.4 Å². The number of aliphatic hydroxyl groups is 1. The molecule has 0 saturated carbocycles. The predicted molar refractivity (Wildman–Crippen MR) is 99.6 cm³/mol. The van der Waals surface area contributed by atoms with E-state index in [-0.39, 0.29) is 0 Å². The lowest BCUT2D eigenvalue weighted by molar-refractivity contribution is -0.272. The van der Waals surface area contributed by atoms with E-state index < -0.39 is 36.0 Å². The average Bonchev–Trinajstić information content (AvgIpc) is 3.03. The van der Waals surface area contributed by atoms with Crippen molar-refractivity contribution in [2.45, 2.75) is 57.3 Å². The van der Waals surface area contributed by atoms with E-state index >= 15 is 0 Å². The Labute approximate surface area is 162 Å². The highest BCUT2D eigenvalue weighted by Gasteiger charge is 2.56. The highest BCUT2D eigenvalue weighted by Crippen LogP contribution is 2.43. The number of nitrogens with one attached hydrogen (secondary N) is 1. The Morgan fingerprint density at radius 2 is 1.89 bits per heavy atom. The Morgan fingerprint density at radius 3 is 2.57 bits per heavy atom. The van der Waals surface area contributed by atoms with Gasteiger partial charge in [0.15, 0.2) is 5.60 Å². The minimum absolute atomic E-state index is 0.333. The smallest absolute Gasteiger partial charge is 0.379 e.